The van der Waals surface area contributed by atoms with E-state index in [1.807, 2.05) is 30.9 Å². The number of likely N-dealkylation sites (tertiary alicyclic amines) is 1. The van der Waals surface area contributed by atoms with Gasteiger partial charge in [-0.15, -0.1) is 0 Å². The Morgan fingerprint density at radius 3 is 2.61 bits per heavy atom. The first-order chi connectivity index (χ1) is 17.8. The number of anilines is 1. The van der Waals surface area contributed by atoms with Gasteiger partial charge in [0, 0.05) is 49.2 Å². The third-order valence-electron chi connectivity index (χ3n) is 7.40. The van der Waals surface area contributed by atoms with Crippen molar-refractivity contribution >= 4 is 27.8 Å². The number of aromatic nitrogens is 7. The average Bonchev–Trinajstić information content (AvgIpc) is 3.68. The smallest absolute Gasteiger partial charge is 0.159 e. The van der Waals surface area contributed by atoms with Crippen molar-refractivity contribution in [2.45, 2.75) is 38.6 Å². The average molecular weight is 480 g/mol. The molecule has 5 aromatic rings. The summed E-state index contributed by atoms with van der Waals surface area (Å²) in [6, 6.07) is 6.28. The molecular formula is C27H29N9. The third-order valence-corrected chi connectivity index (χ3v) is 7.40. The number of rotatable bonds is 5. The lowest BCUT2D eigenvalue weighted by Gasteiger charge is -2.27. The Bertz CT molecular complexity index is 1520. The highest BCUT2D eigenvalue weighted by Crippen LogP contribution is 2.32. The minimum absolute atomic E-state index is 0.737. The van der Waals surface area contributed by atoms with Crippen LogP contribution in [0, 0.1) is 0 Å². The molecule has 7 rings (SSSR count). The van der Waals surface area contributed by atoms with E-state index in [1.54, 1.807) is 0 Å². The summed E-state index contributed by atoms with van der Waals surface area (Å²) >= 11 is 0. The van der Waals surface area contributed by atoms with Crippen LogP contribution in [-0.4, -0.2) is 66.2 Å². The third kappa shape index (κ3) is 3.89. The number of pyridine rings is 3. The van der Waals surface area contributed by atoms with E-state index in [-0.39, 0.29) is 0 Å². The fourth-order valence-corrected chi connectivity index (χ4v) is 5.54. The van der Waals surface area contributed by atoms with Gasteiger partial charge in [-0.1, -0.05) is 0 Å². The maximum atomic E-state index is 4.97. The Kier molecular flexibility index (Phi) is 5.35. The monoisotopic (exact) mass is 479 g/mol. The van der Waals surface area contributed by atoms with Crippen LogP contribution < -0.4 is 4.90 Å². The van der Waals surface area contributed by atoms with Crippen molar-refractivity contribution in [2.24, 2.45) is 0 Å². The first-order valence-electron chi connectivity index (χ1n) is 12.9. The summed E-state index contributed by atoms with van der Waals surface area (Å²) in [5.41, 5.74) is 6.66. The number of nitrogens with one attached hydrogen (secondary N) is 2. The highest BCUT2D eigenvalue weighted by Gasteiger charge is 2.20. The van der Waals surface area contributed by atoms with Crippen molar-refractivity contribution < 1.29 is 0 Å². The van der Waals surface area contributed by atoms with E-state index in [9.17, 15) is 0 Å². The Hall–Kier alpha value is -3.85. The van der Waals surface area contributed by atoms with Crippen molar-refractivity contribution in [1.82, 2.24) is 40.0 Å². The molecule has 9 heteroatoms. The lowest BCUT2D eigenvalue weighted by atomic mass is 10.1. The quantitative estimate of drug-likeness (QED) is 0.381. The van der Waals surface area contributed by atoms with Crippen LogP contribution in [0.3, 0.4) is 0 Å². The summed E-state index contributed by atoms with van der Waals surface area (Å²) in [6.45, 7) is 5.32. The Morgan fingerprint density at radius 1 is 0.861 bits per heavy atom. The van der Waals surface area contributed by atoms with Crippen LogP contribution in [0.4, 0.5) is 5.82 Å². The molecule has 0 unspecified atom stereocenters. The predicted molar refractivity (Wildman–Crippen MR) is 141 cm³/mol. The number of imidazole rings is 1. The second-order valence-corrected chi connectivity index (χ2v) is 9.92. The van der Waals surface area contributed by atoms with E-state index in [2.05, 4.69) is 47.1 Å². The molecule has 2 saturated heterocycles. The van der Waals surface area contributed by atoms with Gasteiger partial charge in [0.2, 0.25) is 0 Å². The molecule has 0 aliphatic carbocycles. The number of aromatic amines is 2. The standard InChI is InChI=1S/C27H29N9/c1-2-10-36(11-3-1)27-25-21(6-7-29-27)31-26(32-25)24-20-13-22(30-16-23(20)33-34-24)19-12-18(14-28-15-19)17-35-8-4-5-9-35/h6-7,12-16H,1-5,8-11,17H2,(H,31,32)(H,33,34). The number of piperidine rings is 1. The van der Waals surface area contributed by atoms with Gasteiger partial charge in [-0.05, 0) is 69.0 Å². The molecule has 0 aromatic carbocycles. The van der Waals surface area contributed by atoms with Gasteiger partial charge < -0.3 is 9.88 Å². The minimum atomic E-state index is 0.737. The minimum Gasteiger partial charge on any atom is -0.355 e. The zero-order valence-electron chi connectivity index (χ0n) is 20.2. The topological polar surface area (TPSA) is 103 Å². The summed E-state index contributed by atoms with van der Waals surface area (Å²) < 4.78 is 0. The molecule has 9 nitrogen and oxygen atoms in total. The van der Waals surface area contributed by atoms with E-state index in [4.69, 9.17) is 9.97 Å². The maximum Gasteiger partial charge on any atom is 0.159 e. The molecule has 7 heterocycles. The summed E-state index contributed by atoms with van der Waals surface area (Å²) in [7, 11) is 0. The molecule has 5 aromatic heterocycles. The molecule has 0 saturated carbocycles. The Labute approximate surface area is 209 Å². The Morgan fingerprint density at radius 2 is 1.72 bits per heavy atom. The van der Waals surface area contributed by atoms with Crippen LogP contribution in [0.5, 0.6) is 0 Å². The van der Waals surface area contributed by atoms with Crippen molar-refractivity contribution in [1.29, 1.82) is 0 Å². The van der Waals surface area contributed by atoms with Crippen molar-refractivity contribution in [3.63, 3.8) is 0 Å². The van der Waals surface area contributed by atoms with Crippen LogP contribution in [0.1, 0.15) is 37.7 Å². The molecule has 0 bridgehead atoms. The number of nitrogens with zero attached hydrogens (tertiary/aromatic N) is 7. The van der Waals surface area contributed by atoms with Crippen LogP contribution in [0.15, 0.2) is 43.0 Å². The van der Waals surface area contributed by atoms with E-state index in [0.717, 1.165) is 70.2 Å². The molecule has 182 valence electrons. The number of H-pyrrole nitrogens is 2. The molecule has 2 aliphatic rings. The number of hydrogen-bond acceptors (Lipinski definition) is 7. The fraction of sp³-hybridized carbons (Fsp3) is 0.370. The Balaban J connectivity index is 1.25. The fourth-order valence-electron chi connectivity index (χ4n) is 5.54. The molecule has 36 heavy (non-hydrogen) atoms. The highest BCUT2D eigenvalue weighted by atomic mass is 15.2. The van der Waals surface area contributed by atoms with Gasteiger partial charge in [0.15, 0.2) is 11.6 Å². The van der Waals surface area contributed by atoms with E-state index < -0.39 is 0 Å². The molecule has 2 aliphatic heterocycles. The van der Waals surface area contributed by atoms with Crippen LogP contribution in [0.2, 0.25) is 0 Å². The van der Waals surface area contributed by atoms with Crippen molar-refractivity contribution in [2.75, 3.05) is 31.1 Å². The largest absolute Gasteiger partial charge is 0.355 e. The summed E-state index contributed by atoms with van der Waals surface area (Å²) in [4.78, 5) is 27.2. The highest BCUT2D eigenvalue weighted by molar-refractivity contribution is 5.96. The first kappa shape index (κ1) is 21.4. The van der Waals surface area contributed by atoms with Crippen LogP contribution in [0.25, 0.3) is 44.7 Å². The van der Waals surface area contributed by atoms with Gasteiger partial charge in [-0.2, -0.15) is 5.10 Å². The molecular weight excluding hydrogens is 450 g/mol. The van der Waals surface area contributed by atoms with Crippen molar-refractivity contribution in [3.05, 3.63) is 48.5 Å². The molecule has 0 spiro atoms. The summed E-state index contributed by atoms with van der Waals surface area (Å²) in [5, 5.41) is 8.72. The van der Waals surface area contributed by atoms with Gasteiger partial charge in [0.25, 0.3) is 0 Å². The molecule has 0 atom stereocenters. The number of hydrogen-bond donors (Lipinski definition) is 2. The summed E-state index contributed by atoms with van der Waals surface area (Å²) in [5.74, 6) is 1.69. The van der Waals surface area contributed by atoms with E-state index >= 15 is 0 Å². The van der Waals surface area contributed by atoms with Gasteiger partial charge in [0.05, 0.1) is 22.9 Å². The van der Waals surface area contributed by atoms with Gasteiger partial charge in [-0.25, -0.2) is 9.97 Å². The van der Waals surface area contributed by atoms with Gasteiger partial charge in [0.1, 0.15) is 11.2 Å². The lowest BCUT2D eigenvalue weighted by molar-refractivity contribution is 0.331. The molecule has 0 amide bonds. The van der Waals surface area contributed by atoms with Gasteiger partial charge in [-0.3, -0.25) is 20.0 Å². The van der Waals surface area contributed by atoms with Crippen molar-refractivity contribution in [3.8, 4) is 22.8 Å². The zero-order chi connectivity index (χ0) is 23.9. The van der Waals surface area contributed by atoms with Crippen LogP contribution in [-0.2, 0) is 6.54 Å². The predicted octanol–water partition coefficient (Wildman–Crippen LogP) is 4.54. The van der Waals surface area contributed by atoms with Crippen LogP contribution >= 0.6 is 0 Å². The van der Waals surface area contributed by atoms with E-state index in [1.165, 1.54) is 50.8 Å². The lowest BCUT2D eigenvalue weighted by Crippen LogP contribution is -2.30. The first-order valence-corrected chi connectivity index (χ1v) is 12.9. The summed E-state index contributed by atoms with van der Waals surface area (Å²) in [6.07, 6.45) is 13.8. The second kappa shape index (κ2) is 8.98. The maximum absolute atomic E-state index is 4.97. The second-order valence-electron chi connectivity index (χ2n) is 9.92. The van der Waals surface area contributed by atoms with Gasteiger partial charge >= 0.3 is 0 Å². The molecule has 2 N–H and O–H groups in total. The number of fused-ring (bicyclic) bond motifs is 2. The zero-order valence-corrected chi connectivity index (χ0v) is 20.2. The SMILES string of the molecule is c1cc2[nH]c(-c3n[nH]c4cnc(-c5cncc(CN6CCCC6)c5)cc34)nc2c(N2CCCCC2)n1. The normalized spacial score (nSPS) is 16.9. The van der Waals surface area contributed by atoms with E-state index in [0.29, 0.717) is 0 Å². The molecule has 0 radical (unpaired) electrons. The molecule has 2 fully saturated rings.